The summed E-state index contributed by atoms with van der Waals surface area (Å²) in [6.07, 6.45) is 2.63. The maximum absolute atomic E-state index is 13.1. The van der Waals surface area contributed by atoms with Gasteiger partial charge in [0.05, 0.1) is 12.1 Å². The van der Waals surface area contributed by atoms with Gasteiger partial charge in [-0.1, -0.05) is 31.9 Å². The van der Waals surface area contributed by atoms with Crippen LogP contribution in [-0.2, 0) is 4.79 Å². The van der Waals surface area contributed by atoms with Crippen molar-refractivity contribution in [2.24, 2.45) is 5.73 Å². The number of rotatable bonds is 6. The van der Waals surface area contributed by atoms with E-state index in [-0.39, 0.29) is 17.8 Å². The third kappa shape index (κ3) is 4.45. The van der Waals surface area contributed by atoms with Gasteiger partial charge < -0.3 is 11.1 Å². The van der Waals surface area contributed by atoms with Gasteiger partial charge in [0, 0.05) is 0 Å². The summed E-state index contributed by atoms with van der Waals surface area (Å²) in [6.45, 7) is 3.87. The summed E-state index contributed by atoms with van der Waals surface area (Å²) in [5.41, 5.74) is 6.52. The van der Waals surface area contributed by atoms with Crippen LogP contribution in [0.2, 0.25) is 0 Å². The maximum atomic E-state index is 13.1. The van der Waals surface area contributed by atoms with E-state index in [2.05, 4.69) is 12.2 Å². The molecular formula is C14H21FN2O. The van der Waals surface area contributed by atoms with Crippen LogP contribution in [0, 0.1) is 5.82 Å². The van der Waals surface area contributed by atoms with E-state index in [0.717, 1.165) is 18.4 Å². The second kappa shape index (κ2) is 7.11. The Bertz CT molecular complexity index is 395. The Morgan fingerprint density at radius 3 is 2.83 bits per heavy atom. The molecule has 0 heterocycles. The van der Waals surface area contributed by atoms with Gasteiger partial charge in [0.2, 0.25) is 5.91 Å². The minimum absolute atomic E-state index is 0.180. The second-order valence-electron chi connectivity index (χ2n) is 4.53. The predicted molar refractivity (Wildman–Crippen MR) is 70.5 cm³/mol. The molecule has 2 atom stereocenters. The van der Waals surface area contributed by atoms with Crippen LogP contribution in [0.15, 0.2) is 24.3 Å². The van der Waals surface area contributed by atoms with Crippen LogP contribution >= 0.6 is 0 Å². The maximum Gasteiger partial charge on any atom is 0.237 e. The van der Waals surface area contributed by atoms with Crippen molar-refractivity contribution in [3.05, 3.63) is 35.6 Å². The van der Waals surface area contributed by atoms with E-state index < -0.39 is 6.04 Å². The molecule has 0 spiro atoms. The molecule has 0 aliphatic carbocycles. The number of carbonyl (C=O) groups is 1. The molecule has 0 aliphatic heterocycles. The van der Waals surface area contributed by atoms with Crippen molar-refractivity contribution in [2.45, 2.75) is 45.2 Å². The minimum Gasteiger partial charge on any atom is -0.348 e. The van der Waals surface area contributed by atoms with Crippen molar-refractivity contribution in [3.63, 3.8) is 0 Å². The predicted octanol–water partition coefficient (Wildman–Crippen LogP) is 2.52. The lowest BCUT2D eigenvalue weighted by molar-refractivity contribution is -0.123. The molecule has 1 aromatic rings. The number of nitrogens with one attached hydrogen (secondary N) is 1. The number of benzene rings is 1. The Morgan fingerprint density at radius 2 is 2.22 bits per heavy atom. The summed E-state index contributed by atoms with van der Waals surface area (Å²) in [6, 6.07) is 5.49. The number of carbonyl (C=O) groups excluding carboxylic acids is 1. The highest BCUT2D eigenvalue weighted by atomic mass is 19.1. The molecule has 1 amide bonds. The van der Waals surface area contributed by atoms with Gasteiger partial charge in [0.1, 0.15) is 5.82 Å². The first-order chi connectivity index (χ1) is 8.54. The quantitative estimate of drug-likeness (QED) is 0.817. The highest BCUT2D eigenvalue weighted by Gasteiger charge is 2.16. The van der Waals surface area contributed by atoms with E-state index in [1.165, 1.54) is 12.1 Å². The van der Waals surface area contributed by atoms with Gasteiger partial charge in [-0.25, -0.2) is 4.39 Å². The molecule has 3 nitrogen and oxygen atoms in total. The third-order valence-electron chi connectivity index (χ3n) is 2.91. The van der Waals surface area contributed by atoms with Crippen LogP contribution in [0.3, 0.4) is 0 Å². The second-order valence-corrected chi connectivity index (χ2v) is 4.53. The monoisotopic (exact) mass is 252 g/mol. The average Bonchev–Trinajstić information content (AvgIpc) is 2.35. The van der Waals surface area contributed by atoms with Crippen molar-refractivity contribution in [2.75, 3.05) is 0 Å². The first kappa shape index (κ1) is 14.6. The molecular weight excluding hydrogens is 231 g/mol. The Hall–Kier alpha value is -1.42. The zero-order chi connectivity index (χ0) is 13.5. The van der Waals surface area contributed by atoms with E-state index in [9.17, 15) is 9.18 Å². The lowest BCUT2D eigenvalue weighted by Crippen LogP contribution is -2.41. The number of amides is 1. The van der Waals surface area contributed by atoms with Crippen LogP contribution in [0.25, 0.3) is 0 Å². The van der Waals surface area contributed by atoms with Crippen molar-refractivity contribution < 1.29 is 9.18 Å². The van der Waals surface area contributed by atoms with Crippen LogP contribution in [0.1, 0.15) is 44.7 Å². The van der Waals surface area contributed by atoms with E-state index >= 15 is 0 Å². The SMILES string of the molecule is CCCC[C@H](N)C(=O)NC(C)c1cccc(F)c1. The fourth-order valence-electron chi connectivity index (χ4n) is 1.73. The molecule has 0 saturated heterocycles. The molecule has 1 aromatic carbocycles. The summed E-state index contributed by atoms with van der Waals surface area (Å²) in [5, 5.41) is 2.80. The first-order valence-electron chi connectivity index (χ1n) is 6.36. The van der Waals surface area contributed by atoms with Crippen molar-refractivity contribution >= 4 is 5.91 Å². The highest BCUT2D eigenvalue weighted by molar-refractivity contribution is 5.81. The lowest BCUT2D eigenvalue weighted by atomic mass is 10.1. The summed E-state index contributed by atoms with van der Waals surface area (Å²) >= 11 is 0. The molecule has 18 heavy (non-hydrogen) atoms. The first-order valence-corrected chi connectivity index (χ1v) is 6.36. The van der Waals surface area contributed by atoms with Crippen LogP contribution in [-0.4, -0.2) is 11.9 Å². The van der Waals surface area contributed by atoms with Gasteiger partial charge >= 0.3 is 0 Å². The molecule has 1 unspecified atom stereocenters. The summed E-state index contributed by atoms with van der Waals surface area (Å²) < 4.78 is 13.1. The molecule has 100 valence electrons. The fraction of sp³-hybridized carbons (Fsp3) is 0.500. The smallest absolute Gasteiger partial charge is 0.237 e. The van der Waals surface area contributed by atoms with Gasteiger partial charge in [0.15, 0.2) is 0 Å². The van der Waals surface area contributed by atoms with Crippen molar-refractivity contribution in [3.8, 4) is 0 Å². The van der Waals surface area contributed by atoms with Crippen LogP contribution in [0.5, 0.6) is 0 Å². The van der Waals surface area contributed by atoms with Crippen LogP contribution in [0.4, 0.5) is 4.39 Å². The third-order valence-corrected chi connectivity index (χ3v) is 2.91. The molecule has 0 fully saturated rings. The van der Waals surface area contributed by atoms with Crippen LogP contribution < -0.4 is 11.1 Å². The zero-order valence-electron chi connectivity index (χ0n) is 10.9. The number of nitrogens with two attached hydrogens (primary N) is 1. The zero-order valence-corrected chi connectivity index (χ0v) is 10.9. The molecule has 0 aromatic heterocycles. The van der Waals surface area contributed by atoms with Gasteiger partial charge in [-0.3, -0.25) is 4.79 Å². The van der Waals surface area contributed by atoms with Gasteiger partial charge in [-0.2, -0.15) is 0 Å². The van der Waals surface area contributed by atoms with Gasteiger partial charge in [-0.05, 0) is 31.0 Å². The topological polar surface area (TPSA) is 55.1 Å². The largest absolute Gasteiger partial charge is 0.348 e. The average molecular weight is 252 g/mol. The van der Waals surface area contributed by atoms with E-state index in [1.54, 1.807) is 12.1 Å². The van der Waals surface area contributed by atoms with Gasteiger partial charge in [0.25, 0.3) is 0 Å². The fourth-order valence-corrected chi connectivity index (χ4v) is 1.73. The summed E-state index contributed by atoms with van der Waals surface area (Å²) in [4.78, 5) is 11.8. The molecule has 4 heteroatoms. The Morgan fingerprint density at radius 1 is 1.50 bits per heavy atom. The summed E-state index contributed by atoms with van der Waals surface area (Å²) in [5.74, 6) is -0.482. The number of hydrogen-bond acceptors (Lipinski definition) is 2. The molecule has 0 radical (unpaired) electrons. The van der Waals surface area contributed by atoms with E-state index in [1.807, 2.05) is 6.92 Å². The normalized spacial score (nSPS) is 14.0. The van der Waals surface area contributed by atoms with E-state index in [4.69, 9.17) is 5.73 Å². The Labute approximate surface area is 108 Å². The number of halogens is 1. The van der Waals surface area contributed by atoms with Crippen molar-refractivity contribution in [1.82, 2.24) is 5.32 Å². The molecule has 1 rings (SSSR count). The number of hydrogen-bond donors (Lipinski definition) is 2. The lowest BCUT2D eigenvalue weighted by Gasteiger charge is -2.17. The molecule has 0 saturated carbocycles. The van der Waals surface area contributed by atoms with Gasteiger partial charge in [-0.15, -0.1) is 0 Å². The molecule has 0 aliphatic rings. The Kier molecular flexibility index (Phi) is 5.78. The molecule has 0 bridgehead atoms. The number of unbranched alkanes of at least 4 members (excludes halogenated alkanes) is 1. The Balaban J connectivity index is 2.54. The standard InChI is InChI=1S/C14H21FN2O/c1-3-4-8-13(16)14(18)17-10(2)11-6-5-7-12(15)9-11/h5-7,9-10,13H,3-4,8,16H2,1-2H3,(H,17,18)/t10?,13-/m0/s1. The minimum atomic E-state index is -0.485. The molecule has 3 N–H and O–H groups in total. The highest BCUT2D eigenvalue weighted by Crippen LogP contribution is 2.13. The summed E-state index contributed by atoms with van der Waals surface area (Å²) in [7, 11) is 0. The van der Waals surface area contributed by atoms with Crippen molar-refractivity contribution in [1.29, 1.82) is 0 Å². The van der Waals surface area contributed by atoms with E-state index in [0.29, 0.717) is 6.42 Å².